The number of likely N-dealkylation sites (N-methyl/N-ethyl adjacent to an activating group) is 1. The summed E-state index contributed by atoms with van der Waals surface area (Å²) in [5, 5.41) is 12.8. The summed E-state index contributed by atoms with van der Waals surface area (Å²) in [5.41, 5.74) is 1.59. The zero-order valence-corrected chi connectivity index (χ0v) is 11.7. The number of benzene rings is 1. The maximum absolute atomic E-state index is 12.1. The van der Waals surface area contributed by atoms with E-state index in [1.54, 1.807) is 19.2 Å². The van der Waals surface area contributed by atoms with Gasteiger partial charge >= 0.3 is 0 Å². The second-order valence-corrected chi connectivity index (χ2v) is 4.40. The summed E-state index contributed by atoms with van der Waals surface area (Å²) in [4.78, 5) is 13.6. The van der Waals surface area contributed by atoms with Crippen molar-refractivity contribution in [3.05, 3.63) is 29.8 Å². The second-order valence-electron chi connectivity index (χ2n) is 4.40. The highest BCUT2D eigenvalue weighted by Crippen LogP contribution is 2.11. The molecule has 0 aromatic heterocycles. The molecule has 0 fully saturated rings. The molecule has 1 aromatic rings. The van der Waals surface area contributed by atoms with Gasteiger partial charge in [-0.2, -0.15) is 0 Å². The maximum Gasteiger partial charge on any atom is 0.253 e. The Balaban J connectivity index is 2.60. The molecule has 1 unspecified atom stereocenters. The van der Waals surface area contributed by atoms with Gasteiger partial charge in [-0.05, 0) is 31.2 Å². The molecule has 106 valence electrons. The number of hydrogen-bond acceptors (Lipinski definition) is 4. The Morgan fingerprint density at radius 2 is 2.05 bits per heavy atom. The van der Waals surface area contributed by atoms with Gasteiger partial charge < -0.3 is 20.1 Å². The molecule has 1 rings (SSSR count). The molecule has 1 amide bonds. The normalized spacial score (nSPS) is 12.0. The third-order valence-electron chi connectivity index (χ3n) is 2.70. The van der Waals surface area contributed by atoms with Gasteiger partial charge in [0.25, 0.3) is 5.91 Å². The largest absolute Gasteiger partial charge is 0.389 e. The summed E-state index contributed by atoms with van der Waals surface area (Å²) in [6.45, 7) is 3.33. The molecule has 0 heterocycles. The van der Waals surface area contributed by atoms with Crippen LogP contribution in [-0.4, -0.2) is 55.9 Å². The predicted molar refractivity (Wildman–Crippen MR) is 75.4 cm³/mol. The van der Waals surface area contributed by atoms with Crippen molar-refractivity contribution in [2.24, 2.45) is 0 Å². The molecule has 1 aromatic carbocycles. The van der Waals surface area contributed by atoms with Crippen molar-refractivity contribution in [2.75, 3.05) is 39.2 Å². The number of nitrogens with one attached hydrogen (secondary N) is 1. The van der Waals surface area contributed by atoms with Crippen LogP contribution in [0.4, 0.5) is 5.69 Å². The van der Waals surface area contributed by atoms with E-state index in [1.807, 2.05) is 19.1 Å². The van der Waals surface area contributed by atoms with E-state index in [0.29, 0.717) is 5.56 Å². The van der Waals surface area contributed by atoms with Crippen LogP contribution in [0.15, 0.2) is 24.3 Å². The van der Waals surface area contributed by atoms with Gasteiger partial charge in [-0.3, -0.25) is 4.79 Å². The Morgan fingerprint density at radius 1 is 1.42 bits per heavy atom. The fourth-order valence-corrected chi connectivity index (χ4v) is 1.80. The van der Waals surface area contributed by atoms with Gasteiger partial charge in [-0.15, -0.1) is 0 Å². The van der Waals surface area contributed by atoms with Crippen molar-refractivity contribution >= 4 is 11.6 Å². The third kappa shape index (κ3) is 4.89. The van der Waals surface area contributed by atoms with Gasteiger partial charge in [0.1, 0.15) is 0 Å². The lowest BCUT2D eigenvalue weighted by molar-refractivity contribution is 0.0380. The molecule has 0 aliphatic heterocycles. The number of aliphatic hydroxyl groups excluding tert-OH is 1. The molecule has 0 aliphatic rings. The number of methoxy groups -OCH3 is 1. The molecule has 5 heteroatoms. The number of carbonyl (C=O) groups excluding carboxylic acids is 1. The lowest BCUT2D eigenvalue weighted by atomic mass is 10.1. The Morgan fingerprint density at radius 3 is 2.58 bits per heavy atom. The van der Waals surface area contributed by atoms with E-state index in [9.17, 15) is 9.90 Å². The van der Waals surface area contributed by atoms with Crippen LogP contribution in [0.2, 0.25) is 0 Å². The van der Waals surface area contributed by atoms with Crippen molar-refractivity contribution < 1.29 is 14.6 Å². The number of rotatable bonds is 7. The van der Waals surface area contributed by atoms with Gasteiger partial charge in [0.05, 0.1) is 12.7 Å². The fraction of sp³-hybridized carbons (Fsp3) is 0.500. The molecule has 0 spiro atoms. The summed E-state index contributed by atoms with van der Waals surface area (Å²) >= 11 is 0. The van der Waals surface area contributed by atoms with Crippen molar-refractivity contribution in [3.63, 3.8) is 0 Å². The smallest absolute Gasteiger partial charge is 0.253 e. The number of amides is 1. The van der Waals surface area contributed by atoms with E-state index in [1.165, 1.54) is 12.0 Å². The SMILES string of the molecule is CCNc1ccc(C(=O)N(C)CC(O)COC)cc1. The van der Waals surface area contributed by atoms with Gasteiger partial charge in [0.15, 0.2) is 0 Å². The Bertz CT molecular complexity index is 392. The Hall–Kier alpha value is -1.59. The maximum atomic E-state index is 12.1. The molecule has 0 aliphatic carbocycles. The molecular weight excluding hydrogens is 244 g/mol. The van der Waals surface area contributed by atoms with Crippen molar-refractivity contribution in [3.8, 4) is 0 Å². The number of carbonyl (C=O) groups is 1. The minimum Gasteiger partial charge on any atom is -0.389 e. The first kappa shape index (κ1) is 15.5. The van der Waals surface area contributed by atoms with Gasteiger partial charge in [0.2, 0.25) is 0 Å². The molecule has 0 bridgehead atoms. The minimum absolute atomic E-state index is 0.113. The highest BCUT2D eigenvalue weighted by atomic mass is 16.5. The molecule has 0 radical (unpaired) electrons. The molecule has 5 nitrogen and oxygen atoms in total. The standard InChI is InChI=1S/C14H22N2O3/c1-4-15-12-7-5-11(6-8-12)14(18)16(2)9-13(17)10-19-3/h5-8,13,15,17H,4,9-10H2,1-3H3. The quantitative estimate of drug-likeness (QED) is 0.778. The van der Waals surface area contributed by atoms with E-state index in [-0.39, 0.29) is 19.1 Å². The zero-order chi connectivity index (χ0) is 14.3. The van der Waals surface area contributed by atoms with Crippen molar-refractivity contribution in [2.45, 2.75) is 13.0 Å². The third-order valence-corrected chi connectivity index (χ3v) is 2.70. The monoisotopic (exact) mass is 266 g/mol. The zero-order valence-electron chi connectivity index (χ0n) is 11.7. The van der Waals surface area contributed by atoms with E-state index in [2.05, 4.69) is 5.32 Å². The van der Waals surface area contributed by atoms with E-state index in [0.717, 1.165) is 12.2 Å². The van der Waals surface area contributed by atoms with Crippen LogP contribution in [-0.2, 0) is 4.74 Å². The average Bonchev–Trinajstić information content (AvgIpc) is 2.39. The minimum atomic E-state index is -0.667. The van der Waals surface area contributed by atoms with E-state index >= 15 is 0 Å². The summed E-state index contributed by atoms with van der Waals surface area (Å²) in [5.74, 6) is -0.113. The van der Waals surface area contributed by atoms with Crippen LogP contribution in [0, 0.1) is 0 Å². The highest BCUT2D eigenvalue weighted by Gasteiger charge is 2.15. The van der Waals surface area contributed by atoms with Crippen LogP contribution in [0.3, 0.4) is 0 Å². The second kappa shape index (κ2) is 7.76. The Kier molecular flexibility index (Phi) is 6.32. The van der Waals surface area contributed by atoms with Crippen molar-refractivity contribution in [1.29, 1.82) is 0 Å². The van der Waals surface area contributed by atoms with Gasteiger partial charge in [0, 0.05) is 38.5 Å². The van der Waals surface area contributed by atoms with E-state index < -0.39 is 6.10 Å². The van der Waals surface area contributed by atoms with Gasteiger partial charge in [-0.25, -0.2) is 0 Å². The number of hydrogen-bond donors (Lipinski definition) is 2. The summed E-state index contributed by atoms with van der Waals surface area (Å²) in [6.07, 6.45) is -0.667. The summed E-state index contributed by atoms with van der Waals surface area (Å²) in [6, 6.07) is 7.30. The number of nitrogens with zero attached hydrogens (tertiary/aromatic N) is 1. The van der Waals surface area contributed by atoms with Crippen LogP contribution < -0.4 is 5.32 Å². The molecule has 19 heavy (non-hydrogen) atoms. The number of ether oxygens (including phenoxy) is 1. The van der Waals surface area contributed by atoms with Crippen molar-refractivity contribution in [1.82, 2.24) is 4.90 Å². The first-order valence-corrected chi connectivity index (χ1v) is 6.34. The van der Waals surface area contributed by atoms with Gasteiger partial charge in [-0.1, -0.05) is 0 Å². The number of aliphatic hydroxyl groups is 1. The first-order chi connectivity index (χ1) is 9.08. The van der Waals surface area contributed by atoms with Crippen LogP contribution in [0.5, 0.6) is 0 Å². The van der Waals surface area contributed by atoms with E-state index in [4.69, 9.17) is 4.74 Å². The van der Waals surface area contributed by atoms with Crippen LogP contribution >= 0.6 is 0 Å². The lowest BCUT2D eigenvalue weighted by Crippen LogP contribution is -2.36. The predicted octanol–water partition coefficient (Wildman–Crippen LogP) is 1.20. The van der Waals surface area contributed by atoms with Crippen LogP contribution in [0.25, 0.3) is 0 Å². The molecular formula is C14H22N2O3. The van der Waals surface area contributed by atoms with Crippen LogP contribution in [0.1, 0.15) is 17.3 Å². The summed E-state index contributed by atoms with van der Waals surface area (Å²) < 4.78 is 4.84. The Labute approximate surface area is 114 Å². The topological polar surface area (TPSA) is 61.8 Å². The lowest BCUT2D eigenvalue weighted by Gasteiger charge is -2.20. The molecule has 2 N–H and O–H groups in total. The summed E-state index contributed by atoms with van der Waals surface area (Å²) in [7, 11) is 3.18. The fourth-order valence-electron chi connectivity index (χ4n) is 1.80. The highest BCUT2D eigenvalue weighted by molar-refractivity contribution is 5.94. The first-order valence-electron chi connectivity index (χ1n) is 6.34. The molecule has 0 saturated carbocycles. The number of anilines is 1. The average molecular weight is 266 g/mol. The molecule has 0 saturated heterocycles. The molecule has 1 atom stereocenters.